The number of phenols is 1. The molecule has 0 spiro atoms. The monoisotopic (exact) mass is 207 g/mol. The van der Waals surface area contributed by atoms with Gasteiger partial charge in [-0.1, -0.05) is 18.1 Å². The van der Waals surface area contributed by atoms with Crippen molar-refractivity contribution in [2.75, 3.05) is 0 Å². The van der Waals surface area contributed by atoms with E-state index in [1.54, 1.807) is 18.2 Å². The molecule has 2 heteroatoms. The average Bonchev–Trinajstić information content (AvgIpc) is 2.25. The van der Waals surface area contributed by atoms with Crippen LogP contribution < -0.4 is 0 Å². The van der Waals surface area contributed by atoms with Crippen molar-refractivity contribution in [2.45, 2.75) is 6.92 Å². The van der Waals surface area contributed by atoms with Gasteiger partial charge in [-0.3, -0.25) is 0 Å². The highest BCUT2D eigenvalue weighted by Gasteiger charge is 2.03. The van der Waals surface area contributed by atoms with Crippen LogP contribution in [-0.2, 0) is 0 Å². The van der Waals surface area contributed by atoms with E-state index in [2.05, 4.69) is 11.8 Å². The topological polar surface area (TPSA) is 44.0 Å². The molecule has 1 N–H and O–H groups in total. The first-order valence-corrected chi connectivity index (χ1v) is 4.85. The predicted octanol–water partition coefficient (Wildman–Crippen LogP) is 2.73. The first-order valence-electron chi connectivity index (χ1n) is 4.85. The number of nitriles is 1. The summed E-state index contributed by atoms with van der Waals surface area (Å²) in [6.07, 6.45) is 0. The van der Waals surface area contributed by atoms with E-state index < -0.39 is 0 Å². The van der Waals surface area contributed by atoms with Crippen molar-refractivity contribution in [2.24, 2.45) is 0 Å². The molecule has 0 aromatic heterocycles. The van der Waals surface area contributed by atoms with E-state index in [0.717, 1.165) is 21.9 Å². The fourth-order valence-corrected chi connectivity index (χ4v) is 1.82. The molecular formula is C14H9NO. The maximum atomic E-state index is 9.49. The number of hydrogen-bond donors (Lipinski definition) is 1. The molecule has 2 nitrogen and oxygen atoms in total. The molecule has 76 valence electrons. The van der Waals surface area contributed by atoms with Crippen LogP contribution in [0.5, 0.6) is 5.75 Å². The Morgan fingerprint density at radius 3 is 2.81 bits per heavy atom. The molecule has 0 atom stereocenters. The van der Waals surface area contributed by atoms with Crippen molar-refractivity contribution in [3.8, 4) is 23.7 Å². The van der Waals surface area contributed by atoms with E-state index in [4.69, 9.17) is 5.26 Å². The molecule has 0 aliphatic heterocycles. The molecule has 0 radical (unpaired) electrons. The maximum Gasteiger partial charge on any atom is 0.152 e. The molecule has 0 bridgehead atoms. The largest absolute Gasteiger partial charge is 0.508 e. The molecular weight excluding hydrogens is 198 g/mol. The van der Waals surface area contributed by atoms with Gasteiger partial charge in [0, 0.05) is 16.9 Å². The quantitative estimate of drug-likeness (QED) is 0.675. The zero-order valence-corrected chi connectivity index (χ0v) is 8.78. The first kappa shape index (κ1) is 10.1. The zero-order chi connectivity index (χ0) is 11.5. The van der Waals surface area contributed by atoms with Crippen LogP contribution in [0.25, 0.3) is 10.8 Å². The lowest BCUT2D eigenvalue weighted by Gasteiger charge is -2.05. The molecule has 0 heterocycles. The van der Waals surface area contributed by atoms with Gasteiger partial charge in [0.05, 0.1) is 0 Å². The summed E-state index contributed by atoms with van der Waals surface area (Å²) in [4.78, 5) is 0. The van der Waals surface area contributed by atoms with Crippen molar-refractivity contribution >= 4 is 10.8 Å². The van der Waals surface area contributed by atoms with Crippen LogP contribution >= 0.6 is 0 Å². The third-order valence-corrected chi connectivity index (χ3v) is 2.41. The van der Waals surface area contributed by atoms with Gasteiger partial charge in [-0.25, -0.2) is 0 Å². The van der Waals surface area contributed by atoms with Crippen LogP contribution in [0.3, 0.4) is 0 Å². The summed E-state index contributed by atoms with van der Waals surface area (Å²) in [6, 6.07) is 10.8. The normalized spacial score (nSPS) is 9.25. The average molecular weight is 207 g/mol. The van der Waals surface area contributed by atoms with Crippen LogP contribution in [0, 0.1) is 30.1 Å². The number of nitrogens with zero attached hydrogens (tertiary/aromatic N) is 1. The van der Waals surface area contributed by atoms with Crippen LogP contribution in [0.15, 0.2) is 30.3 Å². The molecule has 0 saturated heterocycles. The second-order valence-electron chi connectivity index (χ2n) is 3.53. The van der Waals surface area contributed by atoms with E-state index in [0.29, 0.717) is 0 Å². The van der Waals surface area contributed by atoms with E-state index >= 15 is 0 Å². The lowest BCUT2D eigenvalue weighted by molar-refractivity contribution is 0.476. The Morgan fingerprint density at radius 1 is 1.25 bits per heavy atom. The van der Waals surface area contributed by atoms with E-state index in [1.165, 1.54) is 0 Å². The molecule has 0 aliphatic rings. The third-order valence-electron chi connectivity index (χ3n) is 2.41. The van der Waals surface area contributed by atoms with Gasteiger partial charge < -0.3 is 5.11 Å². The minimum Gasteiger partial charge on any atom is -0.508 e. The van der Waals surface area contributed by atoms with Crippen LogP contribution in [-0.4, -0.2) is 5.11 Å². The van der Waals surface area contributed by atoms with Gasteiger partial charge in [0.25, 0.3) is 0 Å². The number of aromatic hydroxyl groups is 1. The Balaban J connectivity index is 2.83. The lowest BCUT2D eigenvalue weighted by Crippen LogP contribution is -1.84. The van der Waals surface area contributed by atoms with Crippen molar-refractivity contribution < 1.29 is 5.11 Å². The summed E-state index contributed by atoms with van der Waals surface area (Å²) in [5.74, 6) is 5.44. The number of hydrogen-bond acceptors (Lipinski definition) is 2. The second kappa shape index (κ2) is 3.96. The van der Waals surface area contributed by atoms with Gasteiger partial charge in [-0.15, -0.1) is 0 Å². The number of aryl methyl sites for hydroxylation is 1. The summed E-state index contributed by atoms with van der Waals surface area (Å²) in [6.45, 7) is 1.92. The lowest BCUT2D eigenvalue weighted by atomic mass is 10.00. The fraction of sp³-hybridized carbons (Fsp3) is 0.0714. The van der Waals surface area contributed by atoms with Gasteiger partial charge in [0.1, 0.15) is 5.75 Å². The molecule has 2 aromatic rings. The van der Waals surface area contributed by atoms with Gasteiger partial charge in [0.15, 0.2) is 6.07 Å². The van der Waals surface area contributed by atoms with Crippen molar-refractivity contribution in [3.63, 3.8) is 0 Å². The van der Waals surface area contributed by atoms with Crippen molar-refractivity contribution in [1.29, 1.82) is 5.26 Å². The van der Waals surface area contributed by atoms with Gasteiger partial charge >= 0.3 is 0 Å². The SMILES string of the molecule is Cc1cc(O)cc2cccc(C#CC#N)c12. The molecule has 0 unspecified atom stereocenters. The standard InChI is InChI=1S/C14H9NO/c1-10-8-13(16)9-12-5-2-4-11(14(10)12)6-3-7-15/h2,4-5,8-9,16H,1H3. The Morgan fingerprint density at radius 2 is 2.06 bits per heavy atom. The van der Waals surface area contributed by atoms with Gasteiger partial charge in [-0.05, 0) is 36.1 Å². The molecule has 2 rings (SSSR count). The number of phenolic OH excluding ortho intramolecular Hbond substituents is 1. The maximum absolute atomic E-state index is 9.49. The van der Waals surface area contributed by atoms with Crippen LogP contribution in [0.4, 0.5) is 0 Å². The fourth-order valence-electron chi connectivity index (χ4n) is 1.82. The number of benzene rings is 2. The smallest absolute Gasteiger partial charge is 0.152 e. The zero-order valence-electron chi connectivity index (χ0n) is 8.78. The molecule has 0 aliphatic carbocycles. The molecule has 0 fully saturated rings. The minimum absolute atomic E-state index is 0.246. The van der Waals surface area contributed by atoms with E-state index in [-0.39, 0.29) is 5.75 Å². The Bertz CT molecular complexity index is 654. The third kappa shape index (κ3) is 1.69. The van der Waals surface area contributed by atoms with Gasteiger partial charge in [0.2, 0.25) is 0 Å². The molecule has 2 aromatic carbocycles. The van der Waals surface area contributed by atoms with Crippen molar-refractivity contribution in [3.05, 3.63) is 41.5 Å². The number of fused-ring (bicyclic) bond motifs is 1. The van der Waals surface area contributed by atoms with E-state index in [9.17, 15) is 5.11 Å². The van der Waals surface area contributed by atoms with Crippen molar-refractivity contribution in [1.82, 2.24) is 0 Å². The molecule has 0 amide bonds. The highest BCUT2D eigenvalue weighted by molar-refractivity contribution is 5.92. The second-order valence-corrected chi connectivity index (χ2v) is 3.53. The predicted molar refractivity (Wildman–Crippen MR) is 62.8 cm³/mol. The summed E-state index contributed by atoms with van der Waals surface area (Å²) >= 11 is 0. The Hall–Kier alpha value is -2.45. The molecule has 0 saturated carbocycles. The summed E-state index contributed by atoms with van der Waals surface area (Å²) in [5.41, 5.74) is 1.77. The minimum atomic E-state index is 0.246. The number of rotatable bonds is 0. The van der Waals surface area contributed by atoms with Crippen LogP contribution in [0.1, 0.15) is 11.1 Å². The van der Waals surface area contributed by atoms with E-state index in [1.807, 2.05) is 25.1 Å². The summed E-state index contributed by atoms with van der Waals surface area (Å²) < 4.78 is 0. The summed E-state index contributed by atoms with van der Waals surface area (Å²) in [7, 11) is 0. The molecule has 16 heavy (non-hydrogen) atoms. The first-order chi connectivity index (χ1) is 7.72. The van der Waals surface area contributed by atoms with Gasteiger partial charge in [-0.2, -0.15) is 5.26 Å². The van der Waals surface area contributed by atoms with Crippen LogP contribution in [0.2, 0.25) is 0 Å². The summed E-state index contributed by atoms with van der Waals surface area (Å²) in [5, 5.41) is 19.9. The Labute approximate surface area is 93.8 Å². The highest BCUT2D eigenvalue weighted by Crippen LogP contribution is 2.26. The highest BCUT2D eigenvalue weighted by atomic mass is 16.3. The Kier molecular flexibility index (Phi) is 2.50.